The first-order chi connectivity index (χ1) is 9.31. The molecule has 1 aromatic rings. The highest BCUT2D eigenvalue weighted by Gasteiger charge is 2.18. The Morgan fingerprint density at radius 1 is 1.47 bits per heavy atom. The number of aromatic nitrogens is 3. The van der Waals surface area contributed by atoms with E-state index in [1.165, 1.54) is 0 Å². The van der Waals surface area contributed by atoms with E-state index >= 15 is 0 Å². The summed E-state index contributed by atoms with van der Waals surface area (Å²) in [6, 6.07) is 0.338. The van der Waals surface area contributed by atoms with Crippen molar-refractivity contribution in [1.29, 1.82) is 0 Å². The van der Waals surface area contributed by atoms with Gasteiger partial charge >= 0.3 is 0 Å². The van der Waals surface area contributed by atoms with Crippen molar-refractivity contribution in [3.63, 3.8) is 0 Å². The van der Waals surface area contributed by atoms with Gasteiger partial charge in [0.2, 0.25) is 0 Å². The third kappa shape index (κ3) is 4.00. The molecule has 106 valence electrons. The minimum absolute atomic E-state index is 0.155. The molecule has 1 fully saturated rings. The Morgan fingerprint density at radius 3 is 3.00 bits per heavy atom. The number of carbonyl (C=O) groups excluding carboxylic acids is 1. The first-order valence-corrected chi connectivity index (χ1v) is 6.83. The number of hydrogen-bond acceptors (Lipinski definition) is 5. The predicted molar refractivity (Wildman–Crippen MR) is 69.8 cm³/mol. The topological polar surface area (TPSA) is 92.1 Å². The first kappa shape index (κ1) is 14.0. The van der Waals surface area contributed by atoms with E-state index in [2.05, 4.69) is 20.9 Å². The fraction of sp³-hybridized carbons (Fsp3) is 0.750. The number of aliphatic hydroxyl groups excluding tert-OH is 1. The van der Waals surface area contributed by atoms with Crippen LogP contribution in [0.3, 0.4) is 0 Å². The highest BCUT2D eigenvalue weighted by atomic mass is 16.3. The van der Waals surface area contributed by atoms with E-state index in [0.717, 1.165) is 32.4 Å². The molecule has 1 aromatic heterocycles. The van der Waals surface area contributed by atoms with Gasteiger partial charge in [0.15, 0.2) is 5.69 Å². The average molecular weight is 267 g/mol. The van der Waals surface area contributed by atoms with Crippen LogP contribution in [0.1, 0.15) is 42.2 Å². The smallest absolute Gasteiger partial charge is 0.273 e. The lowest BCUT2D eigenvalue weighted by molar-refractivity contribution is 0.0947. The molecule has 2 heterocycles. The van der Waals surface area contributed by atoms with Gasteiger partial charge in [0, 0.05) is 13.2 Å². The maximum atomic E-state index is 11.8. The second-order valence-electron chi connectivity index (χ2n) is 4.75. The highest BCUT2D eigenvalue weighted by molar-refractivity contribution is 5.91. The van der Waals surface area contributed by atoms with Gasteiger partial charge < -0.3 is 15.7 Å². The first-order valence-electron chi connectivity index (χ1n) is 6.83. The highest BCUT2D eigenvalue weighted by Crippen LogP contribution is 2.16. The third-order valence-electron chi connectivity index (χ3n) is 3.30. The molecule has 1 amide bonds. The van der Waals surface area contributed by atoms with Crippen LogP contribution in [0, 0.1) is 0 Å². The predicted octanol–water partition coefficient (Wildman–Crippen LogP) is -0.295. The fourth-order valence-corrected chi connectivity index (χ4v) is 2.16. The van der Waals surface area contributed by atoms with Gasteiger partial charge in [-0.2, -0.15) is 0 Å². The Bertz CT molecular complexity index is 401. The number of rotatable bonds is 6. The summed E-state index contributed by atoms with van der Waals surface area (Å²) in [4.78, 5) is 11.8. The minimum atomic E-state index is -0.196. The lowest BCUT2D eigenvalue weighted by Gasteiger charge is -2.22. The SMILES string of the molecule is O=C(NCCCCO)c1cn(C2CCNCC2)nn1. The number of amides is 1. The molecule has 3 N–H and O–H groups in total. The normalized spacial score (nSPS) is 16.5. The molecule has 1 aliphatic rings. The third-order valence-corrected chi connectivity index (χ3v) is 3.30. The summed E-state index contributed by atoms with van der Waals surface area (Å²) in [6.45, 7) is 2.67. The zero-order valence-electron chi connectivity index (χ0n) is 11.0. The molecule has 0 bridgehead atoms. The number of hydrogen-bond donors (Lipinski definition) is 3. The van der Waals surface area contributed by atoms with Crippen LogP contribution in [0.5, 0.6) is 0 Å². The van der Waals surface area contributed by atoms with Gasteiger partial charge in [-0.1, -0.05) is 5.21 Å². The van der Waals surface area contributed by atoms with E-state index in [0.29, 0.717) is 24.7 Å². The van der Waals surface area contributed by atoms with Crippen LogP contribution in [0.4, 0.5) is 0 Å². The average Bonchev–Trinajstić information content (AvgIpc) is 2.94. The molecule has 1 aliphatic heterocycles. The van der Waals surface area contributed by atoms with E-state index in [-0.39, 0.29) is 12.5 Å². The lowest BCUT2D eigenvalue weighted by Crippen LogP contribution is -2.29. The number of nitrogens with one attached hydrogen (secondary N) is 2. The van der Waals surface area contributed by atoms with Gasteiger partial charge in [0.1, 0.15) is 0 Å². The monoisotopic (exact) mass is 267 g/mol. The molecule has 7 heteroatoms. The minimum Gasteiger partial charge on any atom is -0.396 e. The van der Waals surface area contributed by atoms with E-state index in [4.69, 9.17) is 5.11 Å². The van der Waals surface area contributed by atoms with Gasteiger partial charge in [-0.05, 0) is 38.8 Å². The van der Waals surface area contributed by atoms with Gasteiger partial charge in [-0.3, -0.25) is 4.79 Å². The Kier molecular flexibility index (Phi) is 5.29. The van der Waals surface area contributed by atoms with E-state index in [1.54, 1.807) is 10.9 Å². The molecule has 0 aromatic carbocycles. The summed E-state index contributed by atoms with van der Waals surface area (Å²) in [7, 11) is 0. The summed E-state index contributed by atoms with van der Waals surface area (Å²) in [5.41, 5.74) is 0.363. The van der Waals surface area contributed by atoms with Gasteiger partial charge in [-0.15, -0.1) is 5.10 Å². The molecule has 7 nitrogen and oxygen atoms in total. The van der Waals surface area contributed by atoms with E-state index in [9.17, 15) is 4.79 Å². The molecule has 19 heavy (non-hydrogen) atoms. The Morgan fingerprint density at radius 2 is 2.26 bits per heavy atom. The van der Waals surface area contributed by atoms with Crippen molar-refractivity contribution in [2.24, 2.45) is 0 Å². The molecule has 0 unspecified atom stereocenters. The van der Waals surface area contributed by atoms with Crippen molar-refractivity contribution in [2.45, 2.75) is 31.7 Å². The Balaban J connectivity index is 1.83. The molecule has 1 saturated heterocycles. The number of piperidine rings is 1. The molecular weight excluding hydrogens is 246 g/mol. The maximum Gasteiger partial charge on any atom is 0.273 e. The Hall–Kier alpha value is -1.47. The molecule has 0 saturated carbocycles. The summed E-state index contributed by atoms with van der Waals surface area (Å²) in [5.74, 6) is -0.196. The van der Waals surface area contributed by atoms with Gasteiger partial charge in [0.05, 0.1) is 12.2 Å². The van der Waals surface area contributed by atoms with E-state index < -0.39 is 0 Å². The number of nitrogens with zero attached hydrogens (tertiary/aromatic N) is 3. The number of aliphatic hydroxyl groups is 1. The lowest BCUT2D eigenvalue weighted by atomic mass is 10.1. The second-order valence-corrected chi connectivity index (χ2v) is 4.75. The summed E-state index contributed by atoms with van der Waals surface area (Å²) in [5, 5.41) is 22.7. The maximum absolute atomic E-state index is 11.8. The van der Waals surface area contributed by atoms with Crippen LogP contribution in [-0.4, -0.2) is 52.2 Å². The van der Waals surface area contributed by atoms with Crippen molar-refractivity contribution < 1.29 is 9.90 Å². The van der Waals surface area contributed by atoms with Crippen LogP contribution in [0.25, 0.3) is 0 Å². The fourth-order valence-electron chi connectivity index (χ4n) is 2.16. The molecule has 0 spiro atoms. The van der Waals surface area contributed by atoms with Crippen LogP contribution >= 0.6 is 0 Å². The second kappa shape index (κ2) is 7.20. The van der Waals surface area contributed by atoms with Crippen molar-refractivity contribution >= 4 is 5.91 Å². The Labute approximate surface area is 112 Å². The number of unbranched alkanes of at least 4 members (excludes halogenated alkanes) is 1. The number of carbonyl (C=O) groups is 1. The van der Waals surface area contributed by atoms with Gasteiger partial charge in [-0.25, -0.2) is 4.68 Å². The van der Waals surface area contributed by atoms with Crippen LogP contribution in [0.15, 0.2) is 6.20 Å². The quantitative estimate of drug-likeness (QED) is 0.616. The molecule has 2 rings (SSSR count). The van der Waals surface area contributed by atoms with Crippen LogP contribution in [0.2, 0.25) is 0 Å². The standard InChI is InChI=1S/C12H21N5O2/c18-8-2-1-5-14-12(19)11-9-17(16-15-11)10-3-6-13-7-4-10/h9-10,13,18H,1-8H2,(H,14,19). The summed E-state index contributed by atoms with van der Waals surface area (Å²) < 4.78 is 1.80. The molecule has 0 aliphatic carbocycles. The van der Waals surface area contributed by atoms with Crippen molar-refractivity contribution in [1.82, 2.24) is 25.6 Å². The van der Waals surface area contributed by atoms with Crippen molar-refractivity contribution in [3.8, 4) is 0 Å². The molecular formula is C12H21N5O2. The van der Waals surface area contributed by atoms with E-state index in [1.807, 2.05) is 0 Å². The molecule has 0 atom stereocenters. The molecule has 0 radical (unpaired) electrons. The summed E-state index contributed by atoms with van der Waals surface area (Å²) in [6.07, 6.45) is 5.21. The van der Waals surface area contributed by atoms with Gasteiger partial charge in [0.25, 0.3) is 5.91 Å². The largest absolute Gasteiger partial charge is 0.396 e. The van der Waals surface area contributed by atoms with Crippen molar-refractivity contribution in [2.75, 3.05) is 26.2 Å². The van der Waals surface area contributed by atoms with Crippen LogP contribution < -0.4 is 10.6 Å². The zero-order chi connectivity index (χ0) is 13.5. The zero-order valence-corrected chi connectivity index (χ0v) is 11.0. The van der Waals surface area contributed by atoms with Crippen LogP contribution in [-0.2, 0) is 0 Å². The summed E-state index contributed by atoms with van der Waals surface area (Å²) >= 11 is 0. The van der Waals surface area contributed by atoms with Crippen molar-refractivity contribution in [3.05, 3.63) is 11.9 Å².